The molecule has 2 aromatic carbocycles. The molecule has 1 heterocycles. The van der Waals surface area contributed by atoms with Gasteiger partial charge < -0.3 is 14.8 Å². The lowest BCUT2D eigenvalue weighted by Crippen LogP contribution is -2.30. The van der Waals surface area contributed by atoms with Crippen LogP contribution in [0.5, 0.6) is 5.75 Å². The Morgan fingerprint density at radius 1 is 1.21 bits per heavy atom. The van der Waals surface area contributed by atoms with E-state index in [0.717, 1.165) is 24.9 Å². The van der Waals surface area contributed by atoms with Crippen molar-refractivity contribution in [2.45, 2.75) is 32.3 Å². The summed E-state index contributed by atoms with van der Waals surface area (Å²) in [7, 11) is -3.75. The molecule has 11 heteroatoms. The van der Waals surface area contributed by atoms with Gasteiger partial charge in [0.15, 0.2) is 0 Å². The summed E-state index contributed by atoms with van der Waals surface area (Å²) in [5.74, 6) is -1.56. The van der Waals surface area contributed by atoms with Crippen molar-refractivity contribution in [1.29, 1.82) is 0 Å². The quantitative estimate of drug-likeness (QED) is 0.383. The molecule has 3 N–H and O–H groups in total. The van der Waals surface area contributed by atoms with Crippen LogP contribution in [0.3, 0.4) is 0 Å². The van der Waals surface area contributed by atoms with Crippen LogP contribution in [-0.2, 0) is 27.8 Å². The molecule has 0 saturated carbocycles. The predicted octanol–water partition coefficient (Wildman–Crippen LogP) is 3.50. The van der Waals surface area contributed by atoms with Crippen molar-refractivity contribution in [2.24, 2.45) is 0 Å². The molecule has 1 amide bonds. The maximum atomic E-state index is 12.3. The number of ether oxygens (including phenoxy) is 1. The number of H-pyrrole nitrogens is 1. The fourth-order valence-corrected chi connectivity index (χ4v) is 3.99. The summed E-state index contributed by atoms with van der Waals surface area (Å²) in [6.07, 6.45) is 4.04. The maximum absolute atomic E-state index is 12.3. The lowest BCUT2D eigenvalue weighted by molar-refractivity contribution is -0.137. The summed E-state index contributed by atoms with van der Waals surface area (Å²) < 4.78 is 30.5. The zero-order chi connectivity index (χ0) is 24.9. The Morgan fingerprint density at radius 2 is 1.91 bits per heavy atom. The molecular weight excluding hydrogens is 482 g/mol. The molecule has 0 fully saturated rings. The largest absolute Gasteiger partial charge is 0.489 e. The molecule has 1 aromatic heterocycles. The number of amides is 1. The average molecular weight is 506 g/mol. The van der Waals surface area contributed by atoms with Crippen LogP contribution in [0.25, 0.3) is 0 Å². The summed E-state index contributed by atoms with van der Waals surface area (Å²) in [5.41, 5.74) is 1.54. The monoisotopic (exact) mass is 505 g/mol. The Labute approximate surface area is 202 Å². The molecule has 0 aliphatic heterocycles. The van der Waals surface area contributed by atoms with Crippen molar-refractivity contribution in [2.75, 3.05) is 6.26 Å². The maximum Gasteiger partial charge on any atom is 0.317 e. The molecule has 180 valence electrons. The number of aryl methyl sites for hydroxylation is 1. The Hall–Kier alpha value is -3.37. The van der Waals surface area contributed by atoms with Crippen LogP contribution in [0.2, 0.25) is 5.02 Å². The van der Waals surface area contributed by atoms with Gasteiger partial charge in [0.25, 0.3) is 5.91 Å². The lowest BCUT2D eigenvalue weighted by Gasteiger charge is -2.14. The van der Waals surface area contributed by atoms with E-state index in [1.807, 2.05) is 11.6 Å². The second kappa shape index (κ2) is 10.7. The third-order valence-electron chi connectivity index (χ3n) is 4.90. The van der Waals surface area contributed by atoms with E-state index in [9.17, 15) is 23.1 Å². The van der Waals surface area contributed by atoms with Crippen LogP contribution < -0.4 is 9.46 Å². The highest BCUT2D eigenvalue weighted by atomic mass is 35.5. The van der Waals surface area contributed by atoms with Gasteiger partial charge in [-0.1, -0.05) is 36.7 Å². The molecule has 3 rings (SSSR count). The van der Waals surface area contributed by atoms with Crippen molar-refractivity contribution in [3.8, 4) is 5.75 Å². The van der Waals surface area contributed by atoms with Gasteiger partial charge in [-0.3, -0.25) is 9.59 Å². The van der Waals surface area contributed by atoms with Crippen molar-refractivity contribution in [3.05, 3.63) is 81.9 Å². The SMILES string of the molecule is CCCc1ncc(C(C(=O)O)c2ccc(OCc3ccc(Cl)cc3C(=O)NS(C)(=O)=O)cc2)[nH]1. The Bertz CT molecular complexity index is 1290. The van der Waals surface area contributed by atoms with E-state index >= 15 is 0 Å². The smallest absolute Gasteiger partial charge is 0.317 e. The van der Waals surface area contributed by atoms with Gasteiger partial charge in [0.1, 0.15) is 24.1 Å². The average Bonchev–Trinajstić information content (AvgIpc) is 3.20. The van der Waals surface area contributed by atoms with E-state index in [4.69, 9.17) is 16.3 Å². The standard InChI is InChI=1S/C23H24ClN3O6S/c1-3-4-20-25-12-19(26-20)21(23(29)30)14-6-9-17(10-7-14)33-13-15-5-8-16(24)11-18(15)22(28)27-34(2,31)32/h5-12,21H,3-4,13H2,1-2H3,(H,25,26)(H,27,28)(H,29,30). The minimum atomic E-state index is -3.75. The minimum absolute atomic E-state index is 0.0354. The van der Waals surface area contributed by atoms with Crippen molar-refractivity contribution >= 4 is 33.5 Å². The molecule has 0 radical (unpaired) electrons. The molecule has 0 saturated heterocycles. The highest BCUT2D eigenvalue weighted by molar-refractivity contribution is 7.89. The number of carbonyl (C=O) groups excluding carboxylic acids is 1. The number of nitrogens with one attached hydrogen (secondary N) is 2. The van der Waals surface area contributed by atoms with E-state index in [0.29, 0.717) is 22.6 Å². The van der Waals surface area contributed by atoms with Crippen molar-refractivity contribution < 1.29 is 27.9 Å². The van der Waals surface area contributed by atoms with E-state index in [-0.39, 0.29) is 17.2 Å². The topological polar surface area (TPSA) is 138 Å². The van der Waals surface area contributed by atoms with Crippen LogP contribution in [0, 0.1) is 0 Å². The number of nitrogens with zero attached hydrogens (tertiary/aromatic N) is 1. The number of halogens is 1. The zero-order valence-corrected chi connectivity index (χ0v) is 20.1. The highest BCUT2D eigenvalue weighted by Gasteiger charge is 2.24. The lowest BCUT2D eigenvalue weighted by atomic mass is 9.96. The molecule has 1 atom stereocenters. The van der Waals surface area contributed by atoms with Crippen molar-refractivity contribution in [1.82, 2.24) is 14.7 Å². The number of carbonyl (C=O) groups is 2. The second-order valence-corrected chi connectivity index (χ2v) is 9.85. The van der Waals surface area contributed by atoms with Gasteiger partial charge in [0, 0.05) is 28.8 Å². The predicted molar refractivity (Wildman–Crippen MR) is 127 cm³/mol. The third-order valence-corrected chi connectivity index (χ3v) is 5.69. The molecule has 0 aliphatic rings. The molecule has 34 heavy (non-hydrogen) atoms. The third kappa shape index (κ3) is 6.58. The number of benzene rings is 2. The summed E-state index contributed by atoms with van der Waals surface area (Å²) in [5, 5.41) is 10.0. The van der Waals surface area contributed by atoms with Gasteiger partial charge in [-0.15, -0.1) is 0 Å². The van der Waals surface area contributed by atoms with Crippen LogP contribution >= 0.6 is 11.6 Å². The number of hydrogen-bond acceptors (Lipinski definition) is 6. The number of aromatic nitrogens is 2. The fourth-order valence-electron chi connectivity index (χ4n) is 3.37. The van der Waals surface area contributed by atoms with Crippen LogP contribution in [-0.4, -0.2) is 41.6 Å². The molecule has 1 unspecified atom stereocenters. The highest BCUT2D eigenvalue weighted by Crippen LogP contribution is 2.27. The van der Waals surface area contributed by atoms with Crippen LogP contribution in [0.15, 0.2) is 48.7 Å². The number of sulfonamides is 1. The molecule has 0 spiro atoms. The van der Waals surface area contributed by atoms with Crippen molar-refractivity contribution in [3.63, 3.8) is 0 Å². The summed E-state index contributed by atoms with van der Waals surface area (Å²) in [6.45, 7) is 1.98. The summed E-state index contributed by atoms with van der Waals surface area (Å²) in [4.78, 5) is 31.6. The van der Waals surface area contributed by atoms with Gasteiger partial charge >= 0.3 is 5.97 Å². The molecular formula is C23H24ClN3O6S. The summed E-state index contributed by atoms with van der Waals surface area (Å²) >= 11 is 5.97. The molecule has 0 aliphatic carbocycles. The second-order valence-electron chi connectivity index (χ2n) is 7.67. The first-order valence-electron chi connectivity index (χ1n) is 10.4. The Balaban J connectivity index is 1.76. The fraction of sp³-hybridized carbons (Fsp3) is 0.261. The van der Waals surface area contributed by atoms with Crippen LogP contribution in [0.1, 0.15) is 52.3 Å². The minimum Gasteiger partial charge on any atom is -0.489 e. The number of carboxylic acids is 1. The van der Waals surface area contributed by atoms with Gasteiger partial charge in [-0.2, -0.15) is 0 Å². The molecule has 9 nitrogen and oxygen atoms in total. The number of hydrogen-bond donors (Lipinski definition) is 3. The normalized spacial score (nSPS) is 12.2. The van der Waals surface area contributed by atoms with Gasteiger partial charge in [0.05, 0.1) is 11.9 Å². The first kappa shape index (κ1) is 25.3. The number of aliphatic carboxylic acids is 1. The number of carboxylic acid groups (broad SMARTS) is 1. The zero-order valence-electron chi connectivity index (χ0n) is 18.5. The van der Waals surface area contributed by atoms with Gasteiger partial charge in [-0.25, -0.2) is 18.1 Å². The van der Waals surface area contributed by atoms with Crippen LogP contribution in [0.4, 0.5) is 0 Å². The first-order chi connectivity index (χ1) is 16.1. The number of imidazole rings is 1. The van der Waals surface area contributed by atoms with E-state index < -0.39 is 27.8 Å². The van der Waals surface area contributed by atoms with Gasteiger partial charge in [0.2, 0.25) is 10.0 Å². The first-order valence-corrected chi connectivity index (χ1v) is 12.6. The van der Waals surface area contributed by atoms with E-state index in [1.54, 1.807) is 36.4 Å². The van der Waals surface area contributed by atoms with E-state index in [2.05, 4.69) is 9.97 Å². The van der Waals surface area contributed by atoms with Gasteiger partial charge in [-0.05, 0) is 36.2 Å². The Morgan fingerprint density at radius 3 is 2.53 bits per heavy atom. The number of rotatable bonds is 10. The summed E-state index contributed by atoms with van der Waals surface area (Å²) in [6, 6.07) is 11.0. The number of aromatic amines is 1. The molecule has 3 aromatic rings. The van der Waals surface area contributed by atoms with E-state index in [1.165, 1.54) is 12.3 Å². The Kier molecular flexibility index (Phi) is 7.95. The molecule has 0 bridgehead atoms.